The van der Waals surface area contributed by atoms with Gasteiger partial charge in [-0.3, -0.25) is 4.90 Å². The van der Waals surface area contributed by atoms with E-state index in [1.165, 1.54) is 0 Å². The van der Waals surface area contributed by atoms with Crippen LogP contribution in [0.1, 0.15) is 17.3 Å². The van der Waals surface area contributed by atoms with Gasteiger partial charge in [0.25, 0.3) is 0 Å². The highest BCUT2D eigenvalue weighted by Crippen LogP contribution is 2.30. The van der Waals surface area contributed by atoms with Gasteiger partial charge in [0.05, 0.1) is 6.54 Å². The predicted molar refractivity (Wildman–Crippen MR) is 73.1 cm³/mol. The minimum absolute atomic E-state index is 0.201. The van der Waals surface area contributed by atoms with Gasteiger partial charge in [-0.2, -0.15) is 13.2 Å². The van der Waals surface area contributed by atoms with Crippen molar-refractivity contribution in [2.24, 2.45) is 0 Å². The van der Waals surface area contributed by atoms with Crippen LogP contribution in [0.15, 0.2) is 28.8 Å². The molecule has 23 heavy (non-hydrogen) atoms. The van der Waals surface area contributed by atoms with Crippen molar-refractivity contribution in [3.05, 3.63) is 41.6 Å². The summed E-state index contributed by atoms with van der Waals surface area (Å²) in [5, 5.41) is 11.9. The Hall–Kier alpha value is -2.42. The molecule has 1 aromatic carbocycles. The molecule has 0 radical (unpaired) electrons. The van der Waals surface area contributed by atoms with Crippen molar-refractivity contribution < 1.29 is 17.7 Å². The number of fused-ring (bicyclic) bond motifs is 2. The van der Waals surface area contributed by atoms with Crippen LogP contribution in [-0.4, -0.2) is 31.4 Å². The van der Waals surface area contributed by atoms with E-state index in [0.717, 1.165) is 15.6 Å². The zero-order valence-corrected chi connectivity index (χ0v) is 11.9. The number of halogens is 3. The number of hydrogen-bond acceptors (Lipinski definition) is 5. The summed E-state index contributed by atoms with van der Waals surface area (Å²) in [4.78, 5) is 1.98. The van der Waals surface area contributed by atoms with Gasteiger partial charge in [0.1, 0.15) is 11.5 Å². The molecule has 0 fully saturated rings. The number of rotatable bonds is 2. The van der Waals surface area contributed by atoms with Crippen LogP contribution in [0.3, 0.4) is 0 Å². The van der Waals surface area contributed by atoms with E-state index < -0.39 is 12.0 Å². The van der Waals surface area contributed by atoms with Gasteiger partial charge in [-0.25, -0.2) is 0 Å². The van der Waals surface area contributed by atoms with E-state index in [1.54, 1.807) is 0 Å². The third-order valence-corrected chi connectivity index (χ3v) is 3.91. The quantitative estimate of drug-likeness (QED) is 0.725. The van der Waals surface area contributed by atoms with Crippen LogP contribution in [0.5, 0.6) is 0 Å². The zero-order valence-electron chi connectivity index (χ0n) is 11.9. The predicted octanol–water partition coefficient (Wildman–Crippen LogP) is 2.45. The molecule has 0 amide bonds. The van der Waals surface area contributed by atoms with Crippen LogP contribution in [-0.2, 0) is 25.8 Å². The van der Waals surface area contributed by atoms with Crippen LogP contribution in [0.2, 0.25) is 0 Å². The molecule has 6 nitrogen and oxygen atoms in total. The summed E-state index contributed by atoms with van der Waals surface area (Å²) >= 11 is 0. The molecule has 1 aliphatic rings. The Morgan fingerprint density at radius 1 is 1.13 bits per heavy atom. The van der Waals surface area contributed by atoms with E-state index in [4.69, 9.17) is 4.52 Å². The standard InChI is InChI=1S/C14H12F3N5O/c15-14(16,17)13-19-18-12-8-21(5-6-22(12)13)7-10-9-3-1-2-4-11(9)23-20-10/h1-4H,5-8H2. The molecule has 3 heterocycles. The number of alkyl halides is 3. The number of aromatic nitrogens is 4. The molecular formula is C14H12F3N5O. The fourth-order valence-corrected chi connectivity index (χ4v) is 2.82. The second kappa shape index (κ2) is 5.05. The highest BCUT2D eigenvalue weighted by Gasteiger charge is 2.39. The Morgan fingerprint density at radius 3 is 2.78 bits per heavy atom. The molecule has 0 aliphatic carbocycles. The number of benzene rings is 1. The van der Waals surface area contributed by atoms with Gasteiger partial charge in [-0.15, -0.1) is 10.2 Å². The molecular weight excluding hydrogens is 311 g/mol. The van der Waals surface area contributed by atoms with E-state index in [-0.39, 0.29) is 6.54 Å². The number of nitrogens with zero attached hydrogens (tertiary/aromatic N) is 5. The van der Waals surface area contributed by atoms with Crippen molar-refractivity contribution in [3.8, 4) is 0 Å². The summed E-state index contributed by atoms with van der Waals surface area (Å²) in [6.45, 7) is 1.46. The molecule has 0 saturated carbocycles. The summed E-state index contributed by atoms with van der Waals surface area (Å²) in [7, 11) is 0. The molecule has 0 N–H and O–H groups in total. The average Bonchev–Trinajstić information content (AvgIpc) is 3.11. The van der Waals surface area contributed by atoms with Crippen molar-refractivity contribution in [1.29, 1.82) is 0 Å². The summed E-state index contributed by atoms with van der Waals surface area (Å²) in [6.07, 6.45) is -4.48. The molecule has 120 valence electrons. The molecule has 0 spiro atoms. The first-order valence-corrected chi connectivity index (χ1v) is 7.07. The van der Waals surface area contributed by atoms with Gasteiger partial charge < -0.3 is 9.09 Å². The Balaban J connectivity index is 1.56. The maximum Gasteiger partial charge on any atom is 0.451 e. The number of para-hydroxylation sites is 1. The Bertz CT molecular complexity index is 854. The minimum Gasteiger partial charge on any atom is -0.356 e. The first-order valence-electron chi connectivity index (χ1n) is 7.07. The molecule has 9 heteroatoms. The summed E-state index contributed by atoms with van der Waals surface area (Å²) in [5.41, 5.74) is 1.46. The topological polar surface area (TPSA) is 60.0 Å². The molecule has 0 unspecified atom stereocenters. The normalized spacial score (nSPS) is 16.0. The fraction of sp³-hybridized carbons (Fsp3) is 0.357. The number of hydrogen-bond donors (Lipinski definition) is 0. The molecule has 3 aromatic rings. The molecule has 4 rings (SSSR count). The lowest BCUT2D eigenvalue weighted by Gasteiger charge is -2.27. The SMILES string of the molecule is FC(F)(F)c1nnc2n1CCN(Cc1noc3ccccc13)C2. The van der Waals surface area contributed by atoms with Gasteiger partial charge in [0, 0.05) is 25.0 Å². The summed E-state index contributed by atoms with van der Waals surface area (Å²) in [5.74, 6) is -0.615. The first kappa shape index (κ1) is 14.2. The lowest BCUT2D eigenvalue weighted by Crippen LogP contribution is -2.35. The van der Waals surface area contributed by atoms with Crippen LogP contribution < -0.4 is 0 Å². The first-order chi connectivity index (χ1) is 11.0. The van der Waals surface area contributed by atoms with E-state index in [2.05, 4.69) is 15.4 Å². The Morgan fingerprint density at radius 2 is 1.96 bits per heavy atom. The van der Waals surface area contributed by atoms with Gasteiger partial charge in [0.15, 0.2) is 5.58 Å². The largest absolute Gasteiger partial charge is 0.451 e. The molecule has 0 saturated heterocycles. The Labute approximate surface area is 128 Å². The lowest BCUT2D eigenvalue weighted by molar-refractivity contribution is -0.148. The maximum atomic E-state index is 12.8. The van der Waals surface area contributed by atoms with Crippen molar-refractivity contribution in [3.63, 3.8) is 0 Å². The smallest absolute Gasteiger partial charge is 0.356 e. The van der Waals surface area contributed by atoms with Gasteiger partial charge in [-0.05, 0) is 12.1 Å². The van der Waals surface area contributed by atoms with Gasteiger partial charge in [-0.1, -0.05) is 17.3 Å². The molecule has 0 bridgehead atoms. The van der Waals surface area contributed by atoms with Gasteiger partial charge in [0.2, 0.25) is 5.82 Å². The van der Waals surface area contributed by atoms with Crippen molar-refractivity contribution in [1.82, 2.24) is 24.8 Å². The second-order valence-electron chi connectivity index (χ2n) is 5.43. The Kier molecular flexibility index (Phi) is 3.12. The minimum atomic E-state index is -4.48. The maximum absolute atomic E-state index is 12.8. The van der Waals surface area contributed by atoms with Crippen molar-refractivity contribution >= 4 is 11.0 Å². The van der Waals surface area contributed by atoms with Crippen LogP contribution in [0, 0.1) is 0 Å². The van der Waals surface area contributed by atoms with Crippen LogP contribution >= 0.6 is 0 Å². The summed E-state index contributed by atoms with van der Waals surface area (Å²) in [6, 6.07) is 7.49. The van der Waals surface area contributed by atoms with Crippen molar-refractivity contribution in [2.75, 3.05) is 6.54 Å². The monoisotopic (exact) mass is 323 g/mol. The van der Waals surface area contributed by atoms with E-state index >= 15 is 0 Å². The summed E-state index contributed by atoms with van der Waals surface area (Å²) < 4.78 is 44.9. The fourth-order valence-electron chi connectivity index (χ4n) is 2.82. The third-order valence-electron chi connectivity index (χ3n) is 3.91. The van der Waals surface area contributed by atoms with E-state index in [9.17, 15) is 13.2 Å². The van der Waals surface area contributed by atoms with E-state index in [0.29, 0.717) is 31.0 Å². The third kappa shape index (κ3) is 2.46. The average molecular weight is 323 g/mol. The molecule has 1 aliphatic heterocycles. The van der Waals surface area contributed by atoms with Crippen LogP contribution in [0.25, 0.3) is 11.0 Å². The highest BCUT2D eigenvalue weighted by molar-refractivity contribution is 5.79. The molecule has 0 atom stereocenters. The van der Waals surface area contributed by atoms with Gasteiger partial charge >= 0.3 is 6.18 Å². The molecule has 2 aromatic heterocycles. The van der Waals surface area contributed by atoms with E-state index in [1.807, 2.05) is 29.2 Å². The lowest BCUT2D eigenvalue weighted by atomic mass is 10.2. The highest BCUT2D eigenvalue weighted by atomic mass is 19.4. The van der Waals surface area contributed by atoms with Crippen LogP contribution in [0.4, 0.5) is 13.2 Å². The van der Waals surface area contributed by atoms with Crippen molar-refractivity contribution in [2.45, 2.75) is 25.8 Å². The zero-order chi connectivity index (χ0) is 16.0. The second-order valence-corrected chi connectivity index (χ2v) is 5.43.